The van der Waals surface area contributed by atoms with Crippen LogP contribution in [0.3, 0.4) is 0 Å². The van der Waals surface area contributed by atoms with Gasteiger partial charge in [0.05, 0.1) is 17.8 Å². The molecule has 2 amide bonds. The van der Waals surface area contributed by atoms with E-state index in [1.807, 2.05) is 5.38 Å². The number of anilines is 1. The minimum Gasteiger partial charge on any atom is -0.394 e. The average Bonchev–Trinajstić information content (AvgIpc) is 3.00. The quantitative estimate of drug-likeness (QED) is 0.777. The molecule has 0 saturated heterocycles. The first kappa shape index (κ1) is 14.3. The Morgan fingerprint density at radius 3 is 2.89 bits per heavy atom. The van der Waals surface area contributed by atoms with Gasteiger partial charge in [0.1, 0.15) is 0 Å². The summed E-state index contributed by atoms with van der Waals surface area (Å²) >= 11 is 1.44. The third-order valence-electron chi connectivity index (χ3n) is 3.52. The van der Waals surface area contributed by atoms with E-state index in [9.17, 15) is 9.90 Å². The summed E-state index contributed by atoms with van der Waals surface area (Å²) in [5.74, 6) is 0. The zero-order valence-corrected chi connectivity index (χ0v) is 12.1. The monoisotopic (exact) mass is 283 g/mol. The van der Waals surface area contributed by atoms with Crippen LogP contribution in [0.1, 0.15) is 44.7 Å². The van der Waals surface area contributed by atoms with Gasteiger partial charge in [-0.15, -0.1) is 11.3 Å². The maximum Gasteiger partial charge on any atom is 0.321 e. The molecule has 3 N–H and O–H groups in total. The molecule has 5 nitrogen and oxygen atoms in total. The number of urea groups is 1. The number of aliphatic hydroxyl groups excluding tert-OH is 1. The zero-order chi connectivity index (χ0) is 13.7. The highest BCUT2D eigenvalue weighted by Gasteiger charge is 2.34. The minimum absolute atomic E-state index is 0.000621. The third kappa shape index (κ3) is 3.67. The van der Waals surface area contributed by atoms with Gasteiger partial charge in [0.25, 0.3) is 0 Å². The van der Waals surface area contributed by atoms with Crippen molar-refractivity contribution in [1.82, 2.24) is 10.3 Å². The predicted molar refractivity (Wildman–Crippen MR) is 76.5 cm³/mol. The van der Waals surface area contributed by atoms with Crippen LogP contribution in [-0.4, -0.2) is 28.3 Å². The van der Waals surface area contributed by atoms with Crippen LogP contribution >= 0.6 is 11.3 Å². The zero-order valence-electron chi connectivity index (χ0n) is 11.2. The fourth-order valence-electron chi connectivity index (χ4n) is 2.48. The van der Waals surface area contributed by atoms with Crippen molar-refractivity contribution in [2.24, 2.45) is 0 Å². The second kappa shape index (κ2) is 6.34. The fraction of sp³-hybridized carbons (Fsp3) is 0.692. The number of thiazole rings is 1. The number of nitrogens with zero attached hydrogens (tertiary/aromatic N) is 1. The minimum atomic E-state index is -0.437. The van der Waals surface area contributed by atoms with Gasteiger partial charge in [0.2, 0.25) is 0 Å². The van der Waals surface area contributed by atoms with E-state index in [1.165, 1.54) is 11.3 Å². The molecular formula is C13H21N3O2S. The number of hydrogen-bond donors (Lipinski definition) is 3. The van der Waals surface area contributed by atoms with Crippen LogP contribution in [0.25, 0.3) is 0 Å². The third-order valence-corrected chi connectivity index (χ3v) is 4.33. The number of aromatic nitrogens is 1. The molecule has 0 aliphatic heterocycles. The van der Waals surface area contributed by atoms with E-state index in [0.29, 0.717) is 5.13 Å². The highest BCUT2D eigenvalue weighted by Crippen LogP contribution is 2.29. The maximum atomic E-state index is 11.9. The van der Waals surface area contributed by atoms with Crippen molar-refractivity contribution in [2.45, 2.75) is 51.0 Å². The molecule has 6 heteroatoms. The van der Waals surface area contributed by atoms with Gasteiger partial charge >= 0.3 is 6.03 Å². The molecule has 0 unspecified atom stereocenters. The largest absolute Gasteiger partial charge is 0.394 e. The predicted octanol–water partition coefficient (Wildman–Crippen LogP) is 2.52. The van der Waals surface area contributed by atoms with Crippen LogP contribution in [-0.2, 0) is 6.42 Å². The Morgan fingerprint density at radius 2 is 2.26 bits per heavy atom. The van der Waals surface area contributed by atoms with Gasteiger partial charge in [-0.1, -0.05) is 26.2 Å². The summed E-state index contributed by atoms with van der Waals surface area (Å²) in [5, 5.41) is 17.7. The van der Waals surface area contributed by atoms with E-state index < -0.39 is 5.54 Å². The molecule has 1 aliphatic carbocycles. The molecule has 1 heterocycles. The molecule has 106 valence electrons. The molecule has 1 fully saturated rings. The van der Waals surface area contributed by atoms with Gasteiger partial charge in [0, 0.05) is 5.38 Å². The van der Waals surface area contributed by atoms with Crippen LogP contribution in [0.4, 0.5) is 9.93 Å². The molecular weight excluding hydrogens is 262 g/mol. The van der Waals surface area contributed by atoms with Crippen LogP contribution in [0.15, 0.2) is 5.38 Å². The number of carbonyl (C=O) groups excluding carboxylic acids is 1. The number of amides is 2. The SMILES string of the molecule is CCCc1csc(NC(=O)NC2(CO)CCCC2)n1. The maximum absolute atomic E-state index is 11.9. The Bertz CT molecular complexity index is 427. The molecule has 0 spiro atoms. The van der Waals surface area contributed by atoms with Gasteiger partial charge in [-0.3, -0.25) is 5.32 Å². The smallest absolute Gasteiger partial charge is 0.321 e. The molecule has 19 heavy (non-hydrogen) atoms. The Hall–Kier alpha value is -1.14. The van der Waals surface area contributed by atoms with E-state index in [-0.39, 0.29) is 12.6 Å². The summed E-state index contributed by atoms with van der Waals surface area (Å²) in [6.07, 6.45) is 5.77. The molecule has 0 bridgehead atoms. The summed E-state index contributed by atoms with van der Waals surface area (Å²) in [4.78, 5) is 16.3. The van der Waals surface area contributed by atoms with Gasteiger partial charge < -0.3 is 10.4 Å². The summed E-state index contributed by atoms with van der Waals surface area (Å²) in [6.45, 7) is 2.10. The van der Waals surface area contributed by atoms with E-state index in [1.54, 1.807) is 0 Å². The molecule has 2 rings (SSSR count). The van der Waals surface area contributed by atoms with Crippen molar-refractivity contribution in [3.05, 3.63) is 11.1 Å². The van der Waals surface area contributed by atoms with Crippen molar-refractivity contribution in [3.8, 4) is 0 Å². The molecule has 0 atom stereocenters. The van der Waals surface area contributed by atoms with Crippen molar-refractivity contribution >= 4 is 22.5 Å². The fourth-order valence-corrected chi connectivity index (χ4v) is 3.22. The molecule has 1 aliphatic rings. The van der Waals surface area contributed by atoms with Crippen LogP contribution < -0.4 is 10.6 Å². The topological polar surface area (TPSA) is 74.2 Å². The Morgan fingerprint density at radius 1 is 1.53 bits per heavy atom. The first-order valence-corrected chi connectivity index (χ1v) is 7.70. The lowest BCUT2D eigenvalue weighted by Crippen LogP contribution is -2.50. The number of hydrogen-bond acceptors (Lipinski definition) is 4. The van der Waals surface area contributed by atoms with Crippen LogP contribution in [0.5, 0.6) is 0 Å². The Balaban J connectivity index is 1.89. The Kier molecular flexibility index (Phi) is 4.76. The van der Waals surface area contributed by atoms with Gasteiger partial charge in [-0.05, 0) is 19.3 Å². The number of aliphatic hydroxyl groups is 1. The molecule has 0 aromatic carbocycles. The first-order valence-electron chi connectivity index (χ1n) is 6.82. The lowest BCUT2D eigenvalue weighted by atomic mass is 9.99. The normalized spacial score (nSPS) is 17.4. The standard InChI is InChI=1S/C13H21N3O2S/c1-2-5-10-8-19-12(14-10)15-11(18)16-13(9-17)6-3-4-7-13/h8,17H,2-7,9H2,1H3,(H2,14,15,16,18). The van der Waals surface area contributed by atoms with Crippen LogP contribution in [0, 0.1) is 0 Å². The highest BCUT2D eigenvalue weighted by atomic mass is 32.1. The van der Waals surface area contributed by atoms with E-state index >= 15 is 0 Å². The molecule has 1 aromatic heterocycles. The van der Waals surface area contributed by atoms with Gasteiger partial charge in [-0.25, -0.2) is 9.78 Å². The van der Waals surface area contributed by atoms with Crippen molar-refractivity contribution < 1.29 is 9.90 Å². The second-order valence-electron chi connectivity index (χ2n) is 5.12. The number of rotatable bonds is 5. The number of nitrogens with one attached hydrogen (secondary N) is 2. The van der Waals surface area contributed by atoms with Crippen molar-refractivity contribution in [2.75, 3.05) is 11.9 Å². The molecule has 0 radical (unpaired) electrons. The van der Waals surface area contributed by atoms with E-state index in [0.717, 1.165) is 44.2 Å². The van der Waals surface area contributed by atoms with E-state index in [2.05, 4.69) is 22.5 Å². The highest BCUT2D eigenvalue weighted by molar-refractivity contribution is 7.13. The summed E-state index contributed by atoms with van der Waals surface area (Å²) < 4.78 is 0. The number of aryl methyl sites for hydroxylation is 1. The summed E-state index contributed by atoms with van der Waals surface area (Å²) in [6, 6.07) is -0.270. The Labute approximate surface area is 117 Å². The van der Waals surface area contributed by atoms with Crippen LogP contribution in [0.2, 0.25) is 0 Å². The van der Waals surface area contributed by atoms with Crippen molar-refractivity contribution in [1.29, 1.82) is 0 Å². The molecule has 1 aromatic rings. The first-order chi connectivity index (χ1) is 9.17. The summed E-state index contributed by atoms with van der Waals surface area (Å²) in [7, 11) is 0. The number of carbonyl (C=O) groups is 1. The van der Waals surface area contributed by atoms with E-state index in [4.69, 9.17) is 0 Å². The second-order valence-corrected chi connectivity index (χ2v) is 5.98. The van der Waals surface area contributed by atoms with Gasteiger partial charge in [0.15, 0.2) is 5.13 Å². The lowest BCUT2D eigenvalue weighted by Gasteiger charge is -2.27. The summed E-state index contributed by atoms with van der Waals surface area (Å²) in [5.41, 5.74) is 0.577. The van der Waals surface area contributed by atoms with Crippen molar-refractivity contribution in [3.63, 3.8) is 0 Å². The van der Waals surface area contributed by atoms with Gasteiger partial charge in [-0.2, -0.15) is 0 Å². The average molecular weight is 283 g/mol. The lowest BCUT2D eigenvalue weighted by molar-refractivity contribution is 0.167. The molecule has 1 saturated carbocycles.